The monoisotopic (exact) mass is 355 g/mol. The minimum atomic E-state index is -1.65. The van der Waals surface area contributed by atoms with Gasteiger partial charge in [0.05, 0.1) is 6.54 Å². The van der Waals surface area contributed by atoms with E-state index >= 15 is 0 Å². The fourth-order valence-corrected chi connectivity index (χ4v) is 3.07. The fraction of sp³-hybridized carbons (Fsp3) is 0.529. The van der Waals surface area contributed by atoms with Gasteiger partial charge in [0, 0.05) is 32.2 Å². The highest BCUT2D eigenvalue weighted by Crippen LogP contribution is 2.26. The molecular weight excluding hydrogens is 332 g/mol. The molecule has 0 aliphatic carbocycles. The fourth-order valence-electron chi connectivity index (χ4n) is 3.07. The number of halogens is 2. The summed E-state index contributed by atoms with van der Waals surface area (Å²) in [5.74, 6) is -2.72. The number of piperidine rings is 1. The number of benzene rings is 1. The van der Waals surface area contributed by atoms with Crippen LogP contribution in [0.1, 0.15) is 18.4 Å². The van der Waals surface area contributed by atoms with E-state index in [-0.39, 0.29) is 37.5 Å². The highest BCUT2D eigenvalue weighted by Gasteiger charge is 2.43. The number of likely N-dealkylation sites (tertiary alicyclic amines) is 1. The van der Waals surface area contributed by atoms with Crippen molar-refractivity contribution < 1.29 is 23.5 Å². The summed E-state index contributed by atoms with van der Waals surface area (Å²) >= 11 is 0. The molecule has 2 N–H and O–H groups in total. The van der Waals surface area contributed by atoms with Gasteiger partial charge in [-0.3, -0.25) is 14.5 Å². The van der Waals surface area contributed by atoms with Gasteiger partial charge in [-0.05, 0) is 26.0 Å². The lowest BCUT2D eigenvalue weighted by Crippen LogP contribution is -2.58. The van der Waals surface area contributed by atoms with Gasteiger partial charge >= 0.3 is 0 Å². The summed E-state index contributed by atoms with van der Waals surface area (Å²) < 4.78 is 27.2. The third kappa shape index (κ3) is 4.52. The Morgan fingerprint density at radius 1 is 1.44 bits per heavy atom. The van der Waals surface area contributed by atoms with Crippen LogP contribution in [-0.2, 0) is 16.1 Å². The molecule has 1 fully saturated rings. The van der Waals surface area contributed by atoms with E-state index in [4.69, 9.17) is 0 Å². The molecule has 0 unspecified atom stereocenters. The number of nitrogens with zero attached hydrogens (tertiary/aromatic N) is 2. The Labute approximate surface area is 145 Å². The number of aliphatic hydroxyl groups is 1. The van der Waals surface area contributed by atoms with Crippen LogP contribution in [0.5, 0.6) is 0 Å². The molecule has 8 heteroatoms. The standard InChI is InChI=1S/C17H23F2N3O3/c1-20-14(23)10-21(2)11-17(25)7-4-8-22(16(17)24)9-12-5-3-6-13(18)15(12)19/h3,5-6,25H,4,7-11H2,1-2H3,(H,20,23)/t17-/m0/s1. The van der Waals surface area contributed by atoms with E-state index in [1.54, 1.807) is 11.9 Å². The van der Waals surface area contributed by atoms with E-state index < -0.39 is 23.1 Å². The van der Waals surface area contributed by atoms with Crippen LogP contribution in [0.3, 0.4) is 0 Å². The highest BCUT2D eigenvalue weighted by atomic mass is 19.2. The van der Waals surface area contributed by atoms with E-state index in [1.165, 1.54) is 24.1 Å². The summed E-state index contributed by atoms with van der Waals surface area (Å²) in [5.41, 5.74) is -1.58. The van der Waals surface area contributed by atoms with Crippen LogP contribution in [0.25, 0.3) is 0 Å². The Morgan fingerprint density at radius 2 is 2.16 bits per heavy atom. The second kappa shape index (κ2) is 7.88. The lowest BCUT2D eigenvalue weighted by Gasteiger charge is -2.40. The van der Waals surface area contributed by atoms with Gasteiger partial charge in [-0.1, -0.05) is 12.1 Å². The van der Waals surface area contributed by atoms with Crippen molar-refractivity contribution in [3.8, 4) is 0 Å². The minimum absolute atomic E-state index is 0.0125. The van der Waals surface area contributed by atoms with Gasteiger partial charge in [0.25, 0.3) is 5.91 Å². The second-order valence-electron chi connectivity index (χ2n) is 6.42. The Hall–Kier alpha value is -2.06. The molecule has 0 bridgehead atoms. The zero-order valence-electron chi connectivity index (χ0n) is 14.4. The quantitative estimate of drug-likeness (QED) is 0.779. The lowest BCUT2D eigenvalue weighted by molar-refractivity contribution is -0.160. The zero-order valence-corrected chi connectivity index (χ0v) is 14.4. The second-order valence-corrected chi connectivity index (χ2v) is 6.42. The van der Waals surface area contributed by atoms with Crippen molar-refractivity contribution in [3.63, 3.8) is 0 Å². The summed E-state index contributed by atoms with van der Waals surface area (Å²) in [6.45, 7) is 0.284. The lowest BCUT2D eigenvalue weighted by atomic mass is 9.90. The van der Waals surface area contributed by atoms with Crippen LogP contribution in [0, 0.1) is 11.6 Å². The molecule has 1 atom stereocenters. The molecule has 0 spiro atoms. The molecule has 0 aromatic heterocycles. The Kier molecular flexibility index (Phi) is 6.07. The first-order chi connectivity index (χ1) is 11.8. The number of amides is 2. The number of carbonyl (C=O) groups excluding carboxylic acids is 2. The Balaban J connectivity index is 2.09. The summed E-state index contributed by atoms with van der Waals surface area (Å²) in [5, 5.41) is 13.2. The molecule has 0 saturated carbocycles. The van der Waals surface area contributed by atoms with E-state index in [2.05, 4.69) is 5.32 Å². The summed E-state index contributed by atoms with van der Waals surface area (Å²) in [6.07, 6.45) is 0.791. The number of likely N-dealkylation sites (N-methyl/N-ethyl adjacent to an activating group) is 2. The third-order valence-electron chi connectivity index (χ3n) is 4.32. The van der Waals surface area contributed by atoms with E-state index in [0.29, 0.717) is 13.0 Å². The van der Waals surface area contributed by atoms with Crippen LogP contribution in [0.4, 0.5) is 8.78 Å². The summed E-state index contributed by atoms with van der Waals surface area (Å²) in [6, 6.07) is 3.81. The van der Waals surface area contributed by atoms with Crippen LogP contribution >= 0.6 is 0 Å². The van der Waals surface area contributed by atoms with Crippen molar-refractivity contribution in [1.82, 2.24) is 15.1 Å². The number of rotatable bonds is 6. The maximum Gasteiger partial charge on any atom is 0.256 e. The van der Waals surface area contributed by atoms with E-state index in [0.717, 1.165) is 6.07 Å². The van der Waals surface area contributed by atoms with Gasteiger partial charge in [-0.15, -0.1) is 0 Å². The highest BCUT2D eigenvalue weighted by molar-refractivity contribution is 5.86. The molecule has 1 aromatic carbocycles. The van der Waals surface area contributed by atoms with E-state index in [9.17, 15) is 23.5 Å². The predicted molar refractivity (Wildman–Crippen MR) is 87.5 cm³/mol. The first-order valence-electron chi connectivity index (χ1n) is 8.10. The van der Waals surface area contributed by atoms with Crippen molar-refractivity contribution in [3.05, 3.63) is 35.4 Å². The van der Waals surface area contributed by atoms with Crippen LogP contribution in [-0.4, -0.2) is 66.1 Å². The summed E-state index contributed by atoms with van der Waals surface area (Å²) in [7, 11) is 3.14. The topological polar surface area (TPSA) is 72.9 Å². The van der Waals surface area contributed by atoms with Crippen LogP contribution in [0.2, 0.25) is 0 Å². The molecule has 2 amide bonds. The molecule has 1 saturated heterocycles. The van der Waals surface area contributed by atoms with Gasteiger partial charge in [-0.25, -0.2) is 8.78 Å². The van der Waals surface area contributed by atoms with Gasteiger partial charge in [0.1, 0.15) is 0 Å². The maximum absolute atomic E-state index is 13.8. The van der Waals surface area contributed by atoms with Crippen LogP contribution < -0.4 is 5.32 Å². The van der Waals surface area contributed by atoms with Crippen molar-refractivity contribution in [2.75, 3.05) is 33.7 Å². The maximum atomic E-state index is 13.8. The molecule has 2 rings (SSSR count). The summed E-state index contributed by atoms with van der Waals surface area (Å²) in [4.78, 5) is 27.0. The molecule has 6 nitrogen and oxygen atoms in total. The molecule has 0 radical (unpaired) electrons. The third-order valence-corrected chi connectivity index (χ3v) is 4.32. The van der Waals surface area contributed by atoms with Crippen LogP contribution in [0.15, 0.2) is 18.2 Å². The van der Waals surface area contributed by atoms with Crippen molar-refractivity contribution >= 4 is 11.8 Å². The smallest absolute Gasteiger partial charge is 0.256 e. The first kappa shape index (κ1) is 19.3. The van der Waals surface area contributed by atoms with Gasteiger partial charge in [0.2, 0.25) is 5.91 Å². The first-order valence-corrected chi connectivity index (χ1v) is 8.10. The predicted octanol–water partition coefficient (Wildman–Crippen LogP) is 0.496. The SMILES string of the molecule is CNC(=O)CN(C)C[C@@]1(O)CCCN(Cc2cccc(F)c2F)C1=O. The zero-order chi connectivity index (χ0) is 18.6. The minimum Gasteiger partial charge on any atom is -0.379 e. The average molecular weight is 355 g/mol. The largest absolute Gasteiger partial charge is 0.379 e. The number of nitrogens with one attached hydrogen (secondary N) is 1. The Morgan fingerprint density at radius 3 is 2.84 bits per heavy atom. The van der Waals surface area contributed by atoms with Gasteiger partial charge in [0.15, 0.2) is 17.2 Å². The molecular formula is C17H23F2N3O3. The average Bonchev–Trinajstić information content (AvgIpc) is 2.55. The molecule has 1 aromatic rings. The number of hydrogen-bond acceptors (Lipinski definition) is 4. The van der Waals surface area contributed by atoms with Gasteiger partial charge in [-0.2, -0.15) is 0 Å². The normalized spacial score (nSPS) is 20.9. The van der Waals surface area contributed by atoms with Crippen molar-refractivity contribution in [2.45, 2.75) is 25.0 Å². The van der Waals surface area contributed by atoms with Crippen molar-refractivity contribution in [1.29, 1.82) is 0 Å². The van der Waals surface area contributed by atoms with E-state index in [1.807, 2.05) is 0 Å². The number of carbonyl (C=O) groups is 2. The number of hydrogen-bond donors (Lipinski definition) is 2. The van der Waals surface area contributed by atoms with Gasteiger partial charge < -0.3 is 15.3 Å². The Bertz CT molecular complexity index is 656. The molecule has 1 aliphatic rings. The molecule has 138 valence electrons. The molecule has 25 heavy (non-hydrogen) atoms. The van der Waals surface area contributed by atoms with Crippen molar-refractivity contribution in [2.24, 2.45) is 0 Å². The molecule has 1 heterocycles. The molecule has 1 aliphatic heterocycles.